The summed E-state index contributed by atoms with van der Waals surface area (Å²) in [4.78, 5) is 22.1. The van der Waals surface area contributed by atoms with Gasteiger partial charge in [-0.2, -0.15) is 4.98 Å². The van der Waals surface area contributed by atoms with Gasteiger partial charge in [-0.15, -0.1) is 6.42 Å². The van der Waals surface area contributed by atoms with E-state index in [1.54, 1.807) is 0 Å². The highest BCUT2D eigenvalue weighted by Gasteiger charge is 2.53. The van der Waals surface area contributed by atoms with Crippen LogP contribution in [0.1, 0.15) is 6.23 Å². The van der Waals surface area contributed by atoms with Crippen LogP contribution in [0.25, 0.3) is 11.2 Å². The number of aliphatic hydroxyl groups excluding tert-OH is 3. The smallest absolute Gasteiger partial charge is 0.280 e. The lowest BCUT2D eigenvalue weighted by molar-refractivity contribution is -0.180. The first-order valence-electron chi connectivity index (χ1n) is 8.58. The predicted octanol–water partition coefficient (Wildman–Crippen LogP) is -2.60. The average molecular weight is 411 g/mol. The van der Waals surface area contributed by atoms with Crippen molar-refractivity contribution in [3.8, 4) is 12.3 Å². The molecule has 0 amide bonds. The van der Waals surface area contributed by atoms with E-state index in [1.165, 1.54) is 10.9 Å². The Balaban J connectivity index is 1.52. The molecule has 0 aromatic carbocycles. The van der Waals surface area contributed by atoms with E-state index in [4.69, 9.17) is 26.4 Å². The molecule has 2 saturated heterocycles. The molecule has 0 saturated carbocycles. The number of hydrogen-bond donors (Lipinski definition) is 5. The number of ether oxygens (including phenoxy) is 3. The van der Waals surface area contributed by atoms with Crippen LogP contribution in [0.2, 0.25) is 0 Å². The van der Waals surface area contributed by atoms with Gasteiger partial charge >= 0.3 is 0 Å². The minimum Gasteiger partial charge on any atom is -0.387 e. The van der Waals surface area contributed by atoms with E-state index in [2.05, 4.69) is 15.0 Å². The van der Waals surface area contributed by atoms with Crippen LogP contribution in [0, 0.1) is 12.3 Å². The van der Waals surface area contributed by atoms with Gasteiger partial charge in [0.1, 0.15) is 24.4 Å². The molecule has 0 bridgehead atoms. The summed E-state index contributed by atoms with van der Waals surface area (Å²) >= 11 is 0. The van der Waals surface area contributed by atoms with Crippen molar-refractivity contribution in [2.75, 3.05) is 18.9 Å². The summed E-state index contributed by atoms with van der Waals surface area (Å²) in [5.74, 6) is 1.65. The molecule has 0 spiro atoms. The number of nitrogens with one attached hydrogen (secondary N) is 1. The Hall–Kier alpha value is -2.60. The normalized spacial score (nSPS) is 37.2. The third kappa shape index (κ3) is 3.06. The van der Waals surface area contributed by atoms with Crippen molar-refractivity contribution in [3.63, 3.8) is 0 Å². The van der Waals surface area contributed by atoms with Gasteiger partial charge in [-0.1, -0.05) is 5.92 Å². The topological polar surface area (TPSA) is 178 Å². The highest BCUT2D eigenvalue weighted by Crippen LogP contribution is 2.34. The average Bonchev–Trinajstić information content (AvgIpc) is 3.31. The number of fused-ring (bicyclic) bond motifs is 1. The second kappa shape index (κ2) is 7.02. The number of aromatic amines is 1. The molecule has 2 aromatic rings. The van der Waals surface area contributed by atoms with E-state index >= 15 is 0 Å². The zero-order valence-electron chi connectivity index (χ0n) is 14.8. The predicted molar refractivity (Wildman–Crippen MR) is 92.9 cm³/mol. The second-order valence-corrected chi connectivity index (χ2v) is 6.75. The van der Waals surface area contributed by atoms with Crippen molar-refractivity contribution in [1.29, 1.82) is 0 Å². The van der Waals surface area contributed by atoms with Crippen molar-refractivity contribution in [2.24, 2.45) is 0 Å². The highest BCUT2D eigenvalue weighted by atomic mass is 19.1. The molecule has 2 aliphatic rings. The molecule has 12 nitrogen and oxygen atoms in total. The minimum absolute atomic E-state index is 0.0335. The van der Waals surface area contributed by atoms with Crippen LogP contribution < -0.4 is 11.3 Å². The SMILES string of the molecule is C#CC1(F)[C@H](OC[C@H]2O[C@@H](n3cnc4c(=O)[nH]c(N)nc43)[C@H](O)[C@@H]2O)OC[C@H]1O. The first-order chi connectivity index (χ1) is 13.8. The molecule has 7 atom stereocenters. The number of rotatable bonds is 4. The van der Waals surface area contributed by atoms with Crippen molar-refractivity contribution >= 4 is 17.1 Å². The third-order valence-electron chi connectivity index (χ3n) is 4.93. The van der Waals surface area contributed by atoms with Crippen LogP contribution in [0.5, 0.6) is 0 Å². The summed E-state index contributed by atoms with van der Waals surface area (Å²) in [5, 5.41) is 30.3. The maximum atomic E-state index is 14.5. The van der Waals surface area contributed by atoms with E-state index in [1.807, 2.05) is 5.92 Å². The number of H-pyrrole nitrogens is 1. The van der Waals surface area contributed by atoms with E-state index in [-0.39, 0.29) is 23.7 Å². The molecule has 4 rings (SSSR count). The Kier molecular flexibility index (Phi) is 4.77. The van der Waals surface area contributed by atoms with Crippen LogP contribution in [0.3, 0.4) is 0 Å². The number of aromatic nitrogens is 4. The molecular weight excluding hydrogens is 393 g/mol. The van der Waals surface area contributed by atoms with Gasteiger partial charge in [0.15, 0.2) is 17.4 Å². The summed E-state index contributed by atoms with van der Waals surface area (Å²) in [6, 6.07) is 0. The molecule has 29 heavy (non-hydrogen) atoms. The van der Waals surface area contributed by atoms with Crippen molar-refractivity contribution < 1.29 is 33.9 Å². The lowest BCUT2D eigenvalue weighted by Crippen LogP contribution is -2.44. The Labute approximate surface area is 162 Å². The van der Waals surface area contributed by atoms with Gasteiger partial charge in [0.2, 0.25) is 17.9 Å². The molecule has 13 heteroatoms. The fourth-order valence-electron chi connectivity index (χ4n) is 3.32. The largest absolute Gasteiger partial charge is 0.387 e. The molecular formula is C16H18FN5O7. The first-order valence-corrected chi connectivity index (χ1v) is 8.58. The lowest BCUT2D eigenvalue weighted by Gasteiger charge is -2.24. The summed E-state index contributed by atoms with van der Waals surface area (Å²) in [5.41, 5.74) is 2.42. The number of aliphatic hydroxyl groups is 3. The Bertz CT molecular complexity index is 1020. The Morgan fingerprint density at radius 3 is 2.97 bits per heavy atom. The fraction of sp³-hybridized carbons (Fsp3) is 0.562. The number of nitrogens with two attached hydrogens (primary N) is 1. The first kappa shape index (κ1) is 19.7. The number of halogens is 1. The van der Waals surface area contributed by atoms with Gasteiger partial charge < -0.3 is 35.3 Å². The Morgan fingerprint density at radius 1 is 1.48 bits per heavy atom. The van der Waals surface area contributed by atoms with Crippen LogP contribution in [0.15, 0.2) is 11.1 Å². The monoisotopic (exact) mass is 411 g/mol. The summed E-state index contributed by atoms with van der Waals surface area (Å²) in [6.07, 6.45) is -1.94. The van der Waals surface area contributed by atoms with Crippen LogP contribution >= 0.6 is 0 Å². The number of terminal acetylenes is 1. The number of imidazole rings is 1. The molecule has 2 aliphatic heterocycles. The molecule has 2 fully saturated rings. The Morgan fingerprint density at radius 2 is 2.24 bits per heavy atom. The number of nitrogens with zero attached hydrogens (tertiary/aromatic N) is 3. The number of hydrogen-bond acceptors (Lipinski definition) is 10. The van der Waals surface area contributed by atoms with E-state index in [0.717, 1.165) is 0 Å². The lowest BCUT2D eigenvalue weighted by atomic mass is 10.0. The highest BCUT2D eigenvalue weighted by molar-refractivity contribution is 5.70. The quantitative estimate of drug-likeness (QED) is 0.335. The van der Waals surface area contributed by atoms with Crippen molar-refractivity contribution in [2.45, 2.75) is 42.6 Å². The van der Waals surface area contributed by atoms with Crippen LogP contribution in [-0.4, -0.2) is 84.4 Å². The van der Waals surface area contributed by atoms with Gasteiger partial charge in [-0.3, -0.25) is 14.3 Å². The van der Waals surface area contributed by atoms with Crippen molar-refractivity contribution in [1.82, 2.24) is 19.5 Å². The molecule has 2 aromatic heterocycles. The maximum absolute atomic E-state index is 14.5. The van der Waals surface area contributed by atoms with Crippen molar-refractivity contribution in [3.05, 3.63) is 16.7 Å². The number of alkyl halides is 1. The summed E-state index contributed by atoms with van der Waals surface area (Å²) in [6.45, 7) is -0.754. The van der Waals surface area contributed by atoms with Gasteiger partial charge in [0.05, 0.1) is 19.5 Å². The van der Waals surface area contributed by atoms with E-state index in [0.29, 0.717) is 0 Å². The molecule has 0 aliphatic carbocycles. The second-order valence-electron chi connectivity index (χ2n) is 6.75. The van der Waals surface area contributed by atoms with Gasteiger partial charge in [0, 0.05) is 0 Å². The molecule has 4 heterocycles. The molecule has 0 radical (unpaired) electrons. The summed E-state index contributed by atoms with van der Waals surface area (Å²) < 4.78 is 31.7. The standard InChI is InChI=1S/C16H18FN5O7/c1-2-16(17)7(23)4-28-14(16)27-3-6-9(24)10(25)13(29-6)22-5-19-8-11(22)20-15(18)21-12(8)26/h1,5-7,9-10,13-14,23-25H,3-4H2,(H3,18,20,21,26)/t6-,7-,9-,10-,13-,14-,16?/m1/s1. The van der Waals surface area contributed by atoms with Gasteiger partial charge in [-0.05, 0) is 0 Å². The van der Waals surface area contributed by atoms with E-state index in [9.17, 15) is 24.5 Å². The van der Waals surface area contributed by atoms with Gasteiger partial charge in [-0.25, -0.2) is 9.37 Å². The zero-order valence-corrected chi connectivity index (χ0v) is 14.8. The fourth-order valence-corrected chi connectivity index (χ4v) is 3.32. The number of nitrogen functional groups attached to an aromatic ring is 1. The molecule has 156 valence electrons. The zero-order chi connectivity index (χ0) is 20.9. The third-order valence-corrected chi connectivity index (χ3v) is 4.93. The van der Waals surface area contributed by atoms with Gasteiger partial charge in [0.25, 0.3) is 5.56 Å². The number of anilines is 1. The molecule has 6 N–H and O–H groups in total. The van der Waals surface area contributed by atoms with Crippen LogP contribution in [-0.2, 0) is 14.2 Å². The van der Waals surface area contributed by atoms with Crippen LogP contribution in [0.4, 0.5) is 10.3 Å². The van der Waals surface area contributed by atoms with E-state index < -0.39 is 54.8 Å². The summed E-state index contributed by atoms with van der Waals surface area (Å²) in [7, 11) is 0. The molecule has 1 unspecified atom stereocenters. The maximum Gasteiger partial charge on any atom is 0.280 e. The minimum atomic E-state index is -2.55.